The van der Waals surface area contributed by atoms with Crippen LogP contribution in [0.25, 0.3) is 22.6 Å². The largest absolute Gasteiger partial charge is 0.436 e. The third-order valence-electron chi connectivity index (χ3n) is 2.91. The van der Waals surface area contributed by atoms with Gasteiger partial charge < -0.3 is 4.42 Å². The van der Waals surface area contributed by atoms with Crippen molar-refractivity contribution in [3.63, 3.8) is 0 Å². The van der Waals surface area contributed by atoms with Crippen molar-refractivity contribution >= 4 is 27.0 Å². The maximum Gasteiger partial charge on any atom is 0.227 e. The van der Waals surface area contributed by atoms with Crippen molar-refractivity contribution in [2.45, 2.75) is 13.8 Å². The maximum atomic E-state index is 5.86. The zero-order chi connectivity index (χ0) is 12.7. The van der Waals surface area contributed by atoms with E-state index in [4.69, 9.17) is 4.42 Å². The molecule has 0 unspecified atom stereocenters. The van der Waals surface area contributed by atoms with Gasteiger partial charge in [-0.05, 0) is 43.7 Å². The number of hydrogen-bond donors (Lipinski definition) is 0. The zero-order valence-corrected chi connectivity index (χ0v) is 11.8. The number of rotatable bonds is 1. The number of fused-ring (bicyclic) bond motifs is 1. The van der Waals surface area contributed by atoms with Crippen LogP contribution in [0, 0.1) is 13.8 Å². The van der Waals surface area contributed by atoms with Crippen molar-refractivity contribution in [3.8, 4) is 11.5 Å². The second-order valence-corrected chi connectivity index (χ2v) is 5.38. The normalized spacial score (nSPS) is 11.1. The van der Waals surface area contributed by atoms with Crippen LogP contribution >= 0.6 is 15.9 Å². The lowest BCUT2D eigenvalue weighted by molar-refractivity contribution is 0.617. The molecule has 3 aromatic rings. The molecular formula is C15H12BrNO. The molecule has 0 saturated carbocycles. The summed E-state index contributed by atoms with van der Waals surface area (Å²) in [5, 5.41) is 0. The van der Waals surface area contributed by atoms with Crippen molar-refractivity contribution < 1.29 is 4.42 Å². The monoisotopic (exact) mass is 301 g/mol. The molecule has 0 aliphatic rings. The first-order chi connectivity index (χ1) is 8.63. The zero-order valence-electron chi connectivity index (χ0n) is 10.2. The molecule has 0 atom stereocenters. The fraction of sp³-hybridized carbons (Fsp3) is 0.133. The van der Waals surface area contributed by atoms with Crippen LogP contribution in [0.15, 0.2) is 45.3 Å². The molecule has 0 bridgehead atoms. The summed E-state index contributed by atoms with van der Waals surface area (Å²) in [6.45, 7) is 4.09. The van der Waals surface area contributed by atoms with Crippen LogP contribution in [0.5, 0.6) is 0 Å². The predicted octanol–water partition coefficient (Wildman–Crippen LogP) is 4.87. The summed E-state index contributed by atoms with van der Waals surface area (Å²) in [6.07, 6.45) is 0. The molecule has 3 rings (SSSR count). The lowest BCUT2D eigenvalue weighted by atomic mass is 10.1. The minimum absolute atomic E-state index is 0.676. The summed E-state index contributed by atoms with van der Waals surface area (Å²) < 4.78 is 6.89. The Morgan fingerprint density at radius 2 is 1.94 bits per heavy atom. The van der Waals surface area contributed by atoms with Gasteiger partial charge in [0.25, 0.3) is 0 Å². The minimum Gasteiger partial charge on any atom is -0.436 e. The lowest BCUT2D eigenvalue weighted by Crippen LogP contribution is -1.78. The Morgan fingerprint density at radius 1 is 1.11 bits per heavy atom. The first-order valence-electron chi connectivity index (χ1n) is 5.77. The second-order valence-electron chi connectivity index (χ2n) is 4.46. The Morgan fingerprint density at radius 3 is 2.72 bits per heavy atom. The quantitative estimate of drug-likeness (QED) is 0.640. The number of benzene rings is 2. The molecule has 0 N–H and O–H groups in total. The van der Waals surface area contributed by atoms with E-state index in [0.717, 1.165) is 26.7 Å². The van der Waals surface area contributed by atoms with E-state index in [1.54, 1.807) is 0 Å². The predicted molar refractivity (Wildman–Crippen MR) is 76.6 cm³/mol. The van der Waals surface area contributed by atoms with Crippen LogP contribution in [0.4, 0.5) is 0 Å². The van der Waals surface area contributed by atoms with E-state index in [2.05, 4.69) is 40.0 Å². The van der Waals surface area contributed by atoms with Gasteiger partial charge in [-0.2, -0.15) is 0 Å². The van der Waals surface area contributed by atoms with E-state index in [0.29, 0.717) is 5.89 Å². The Bertz CT molecular complexity index is 730. The smallest absolute Gasteiger partial charge is 0.227 e. The van der Waals surface area contributed by atoms with Gasteiger partial charge in [-0.3, -0.25) is 0 Å². The molecule has 0 aliphatic carbocycles. The highest BCUT2D eigenvalue weighted by atomic mass is 79.9. The first kappa shape index (κ1) is 11.5. The van der Waals surface area contributed by atoms with Gasteiger partial charge in [0.2, 0.25) is 5.89 Å². The Hall–Kier alpha value is -1.61. The molecule has 2 nitrogen and oxygen atoms in total. The van der Waals surface area contributed by atoms with Gasteiger partial charge in [-0.15, -0.1) is 0 Å². The van der Waals surface area contributed by atoms with Gasteiger partial charge >= 0.3 is 0 Å². The van der Waals surface area contributed by atoms with E-state index in [1.807, 2.05) is 31.2 Å². The first-order valence-corrected chi connectivity index (χ1v) is 6.56. The van der Waals surface area contributed by atoms with Crippen LogP contribution in [-0.4, -0.2) is 4.98 Å². The summed E-state index contributed by atoms with van der Waals surface area (Å²) in [4.78, 5) is 4.55. The van der Waals surface area contributed by atoms with Crippen molar-refractivity contribution in [3.05, 3.63) is 52.0 Å². The molecule has 0 radical (unpaired) electrons. The molecule has 0 saturated heterocycles. The molecule has 0 spiro atoms. The fourth-order valence-electron chi connectivity index (χ4n) is 2.06. The van der Waals surface area contributed by atoms with Crippen LogP contribution in [-0.2, 0) is 0 Å². The van der Waals surface area contributed by atoms with Crippen LogP contribution < -0.4 is 0 Å². The number of oxazole rings is 1. The molecule has 0 fully saturated rings. The maximum absolute atomic E-state index is 5.86. The highest BCUT2D eigenvalue weighted by Crippen LogP contribution is 2.29. The van der Waals surface area contributed by atoms with Gasteiger partial charge in [0.05, 0.1) is 0 Å². The third kappa shape index (κ3) is 1.95. The molecule has 18 heavy (non-hydrogen) atoms. The number of halogens is 1. The van der Waals surface area contributed by atoms with Gasteiger partial charge in [-0.25, -0.2) is 4.98 Å². The van der Waals surface area contributed by atoms with Crippen LogP contribution in [0.1, 0.15) is 11.1 Å². The number of hydrogen-bond acceptors (Lipinski definition) is 2. The third-order valence-corrected chi connectivity index (χ3v) is 3.36. The average Bonchev–Trinajstić information content (AvgIpc) is 2.73. The molecule has 3 heteroatoms. The molecular weight excluding hydrogens is 290 g/mol. The van der Waals surface area contributed by atoms with Crippen molar-refractivity contribution in [2.24, 2.45) is 0 Å². The van der Waals surface area contributed by atoms with E-state index in [9.17, 15) is 0 Å². The van der Waals surface area contributed by atoms with E-state index < -0.39 is 0 Å². The van der Waals surface area contributed by atoms with Gasteiger partial charge in [-0.1, -0.05) is 33.6 Å². The van der Waals surface area contributed by atoms with E-state index in [-0.39, 0.29) is 0 Å². The lowest BCUT2D eigenvalue weighted by Gasteiger charge is -1.96. The van der Waals surface area contributed by atoms with Gasteiger partial charge in [0.15, 0.2) is 5.58 Å². The van der Waals surface area contributed by atoms with E-state index in [1.165, 1.54) is 5.56 Å². The Balaban J connectivity index is 2.22. The summed E-state index contributed by atoms with van der Waals surface area (Å²) in [5.74, 6) is 0.676. The Labute approximate surface area is 114 Å². The second kappa shape index (κ2) is 4.25. The SMILES string of the molecule is Cc1cccc(-c2nc3cc(Br)cc(C)c3o2)c1. The molecule has 0 amide bonds. The van der Waals surface area contributed by atoms with Crippen molar-refractivity contribution in [1.82, 2.24) is 4.98 Å². The summed E-state index contributed by atoms with van der Waals surface area (Å²) in [5.41, 5.74) is 5.05. The Kier molecular flexibility index (Phi) is 2.71. The fourth-order valence-corrected chi connectivity index (χ4v) is 2.62. The number of nitrogens with zero attached hydrogens (tertiary/aromatic N) is 1. The van der Waals surface area contributed by atoms with Crippen LogP contribution in [0.2, 0.25) is 0 Å². The minimum atomic E-state index is 0.676. The van der Waals surface area contributed by atoms with Gasteiger partial charge in [0, 0.05) is 10.0 Å². The van der Waals surface area contributed by atoms with Crippen molar-refractivity contribution in [2.75, 3.05) is 0 Å². The molecule has 2 aromatic carbocycles. The highest BCUT2D eigenvalue weighted by molar-refractivity contribution is 9.10. The number of aryl methyl sites for hydroxylation is 2. The van der Waals surface area contributed by atoms with Crippen LogP contribution in [0.3, 0.4) is 0 Å². The molecule has 90 valence electrons. The molecule has 0 aliphatic heterocycles. The summed E-state index contributed by atoms with van der Waals surface area (Å²) in [7, 11) is 0. The van der Waals surface area contributed by atoms with Gasteiger partial charge in [0.1, 0.15) is 5.52 Å². The standard InChI is InChI=1S/C15H12BrNO/c1-9-4-3-5-11(6-9)15-17-13-8-12(16)7-10(2)14(13)18-15/h3-8H,1-2H3. The average molecular weight is 302 g/mol. The molecule has 1 heterocycles. The number of aromatic nitrogens is 1. The summed E-state index contributed by atoms with van der Waals surface area (Å²) in [6, 6.07) is 12.2. The molecule has 1 aromatic heterocycles. The van der Waals surface area contributed by atoms with E-state index >= 15 is 0 Å². The summed E-state index contributed by atoms with van der Waals surface area (Å²) >= 11 is 3.48. The topological polar surface area (TPSA) is 26.0 Å². The highest BCUT2D eigenvalue weighted by Gasteiger charge is 2.10. The van der Waals surface area contributed by atoms with Crippen molar-refractivity contribution in [1.29, 1.82) is 0 Å².